The van der Waals surface area contributed by atoms with Gasteiger partial charge in [-0.25, -0.2) is 4.39 Å². The van der Waals surface area contributed by atoms with Crippen molar-refractivity contribution in [3.8, 4) is 5.75 Å². The van der Waals surface area contributed by atoms with Crippen molar-refractivity contribution in [1.29, 1.82) is 0 Å². The Morgan fingerprint density at radius 1 is 1.52 bits per heavy atom. The molecule has 1 aliphatic heterocycles. The number of nitrogens with two attached hydrogens (primary N) is 1. The van der Waals surface area contributed by atoms with E-state index in [4.69, 9.17) is 15.2 Å². The number of carbonyl (C=O) groups excluding carboxylic acids is 1. The standard InChI is InChI=1S/C14H18FN3O5/c1-22-12-7-10(9(15)6-11(12)18(20)21)17-8-14(13(16)19)2-4-23-5-3-14/h6-7,17H,2-5,8H2,1H3,(H2,16,19). The minimum absolute atomic E-state index is 0.0135. The smallest absolute Gasteiger partial charge is 0.313 e. The molecule has 8 nitrogen and oxygen atoms in total. The molecule has 0 spiro atoms. The maximum atomic E-state index is 14.0. The first-order chi connectivity index (χ1) is 10.9. The summed E-state index contributed by atoms with van der Waals surface area (Å²) in [5.74, 6) is -1.36. The third-order valence-electron chi connectivity index (χ3n) is 4.06. The Labute approximate surface area is 131 Å². The van der Waals surface area contributed by atoms with Crippen LogP contribution in [0.15, 0.2) is 12.1 Å². The van der Waals surface area contributed by atoms with Crippen LogP contribution in [0.5, 0.6) is 5.75 Å². The Bertz CT molecular complexity index is 617. The van der Waals surface area contributed by atoms with Crippen molar-refractivity contribution in [3.05, 3.63) is 28.1 Å². The summed E-state index contributed by atoms with van der Waals surface area (Å²) in [6.07, 6.45) is 0.863. The molecule has 0 saturated carbocycles. The average Bonchev–Trinajstić information content (AvgIpc) is 2.54. The molecule has 1 aromatic carbocycles. The monoisotopic (exact) mass is 327 g/mol. The van der Waals surface area contributed by atoms with Crippen LogP contribution in [-0.4, -0.2) is 37.7 Å². The van der Waals surface area contributed by atoms with Crippen molar-refractivity contribution >= 4 is 17.3 Å². The second-order valence-corrected chi connectivity index (χ2v) is 5.37. The molecule has 2 rings (SSSR count). The molecule has 126 valence electrons. The molecule has 3 N–H and O–H groups in total. The lowest BCUT2D eigenvalue weighted by Gasteiger charge is -2.34. The zero-order valence-corrected chi connectivity index (χ0v) is 12.6. The lowest BCUT2D eigenvalue weighted by Crippen LogP contribution is -2.46. The molecular formula is C14H18FN3O5. The molecule has 1 fully saturated rings. The fraction of sp³-hybridized carbons (Fsp3) is 0.500. The Morgan fingerprint density at radius 3 is 2.70 bits per heavy atom. The van der Waals surface area contributed by atoms with E-state index in [1.165, 1.54) is 13.2 Å². The van der Waals surface area contributed by atoms with Gasteiger partial charge in [0.05, 0.1) is 29.2 Å². The van der Waals surface area contributed by atoms with Crippen molar-refractivity contribution in [2.75, 3.05) is 32.2 Å². The molecular weight excluding hydrogens is 309 g/mol. The largest absolute Gasteiger partial charge is 0.490 e. The van der Waals surface area contributed by atoms with Crippen LogP contribution in [0.4, 0.5) is 15.8 Å². The molecule has 9 heteroatoms. The Balaban J connectivity index is 2.22. The lowest BCUT2D eigenvalue weighted by atomic mass is 9.79. The van der Waals surface area contributed by atoms with E-state index in [0.29, 0.717) is 26.1 Å². The van der Waals surface area contributed by atoms with E-state index in [2.05, 4.69) is 5.32 Å². The van der Waals surface area contributed by atoms with Gasteiger partial charge in [0.15, 0.2) is 11.6 Å². The van der Waals surface area contributed by atoms with Gasteiger partial charge in [-0.15, -0.1) is 0 Å². The van der Waals surface area contributed by atoms with Crippen molar-refractivity contribution in [1.82, 2.24) is 0 Å². The summed E-state index contributed by atoms with van der Waals surface area (Å²) in [5.41, 5.74) is 4.20. The summed E-state index contributed by atoms with van der Waals surface area (Å²) in [4.78, 5) is 21.9. The molecule has 0 atom stereocenters. The first-order valence-corrected chi connectivity index (χ1v) is 7.03. The van der Waals surface area contributed by atoms with Crippen LogP contribution in [0.3, 0.4) is 0 Å². The number of ether oxygens (including phenoxy) is 2. The van der Waals surface area contributed by atoms with Crippen molar-refractivity contribution < 1.29 is 23.6 Å². The van der Waals surface area contributed by atoms with E-state index in [1.54, 1.807) is 0 Å². The van der Waals surface area contributed by atoms with E-state index >= 15 is 0 Å². The number of methoxy groups -OCH3 is 1. The summed E-state index contributed by atoms with van der Waals surface area (Å²) in [6, 6.07) is 1.98. The molecule has 0 unspecified atom stereocenters. The highest BCUT2D eigenvalue weighted by Gasteiger charge is 2.38. The molecule has 1 amide bonds. The van der Waals surface area contributed by atoms with Gasteiger partial charge in [-0.1, -0.05) is 0 Å². The molecule has 23 heavy (non-hydrogen) atoms. The normalized spacial score (nSPS) is 16.6. The van der Waals surface area contributed by atoms with E-state index in [0.717, 1.165) is 6.07 Å². The Kier molecular flexibility index (Phi) is 4.99. The predicted octanol–water partition coefficient (Wildman–Crippen LogP) is 1.44. The van der Waals surface area contributed by atoms with Gasteiger partial charge in [0.2, 0.25) is 5.91 Å². The van der Waals surface area contributed by atoms with Gasteiger partial charge in [0, 0.05) is 25.8 Å². The third-order valence-corrected chi connectivity index (χ3v) is 4.06. The number of hydrogen-bond acceptors (Lipinski definition) is 6. The maximum Gasteiger partial charge on any atom is 0.313 e. The number of anilines is 1. The Morgan fingerprint density at radius 2 is 2.17 bits per heavy atom. The number of amides is 1. The van der Waals surface area contributed by atoms with Crippen LogP contribution in [0.2, 0.25) is 0 Å². The number of halogens is 1. The number of nitrogens with one attached hydrogen (secondary N) is 1. The van der Waals surface area contributed by atoms with E-state index < -0.39 is 27.8 Å². The van der Waals surface area contributed by atoms with E-state index in [9.17, 15) is 19.3 Å². The Hall–Kier alpha value is -2.42. The van der Waals surface area contributed by atoms with Crippen LogP contribution < -0.4 is 15.8 Å². The number of nitro groups is 1. The summed E-state index contributed by atoms with van der Waals surface area (Å²) in [7, 11) is 1.26. The van der Waals surface area contributed by atoms with Crippen LogP contribution in [-0.2, 0) is 9.53 Å². The second kappa shape index (κ2) is 6.78. The van der Waals surface area contributed by atoms with E-state index in [-0.39, 0.29) is 18.0 Å². The molecule has 0 bridgehead atoms. The van der Waals surface area contributed by atoms with Crippen LogP contribution in [0, 0.1) is 21.3 Å². The van der Waals surface area contributed by atoms with Gasteiger partial charge >= 0.3 is 5.69 Å². The number of nitro benzene ring substituents is 1. The van der Waals surface area contributed by atoms with Gasteiger partial charge in [-0.05, 0) is 12.8 Å². The van der Waals surface area contributed by atoms with Crippen molar-refractivity contribution in [2.45, 2.75) is 12.8 Å². The molecule has 0 aromatic heterocycles. The quantitative estimate of drug-likeness (QED) is 0.603. The number of primary amides is 1. The van der Waals surface area contributed by atoms with Gasteiger partial charge in [-0.2, -0.15) is 0 Å². The number of rotatable bonds is 6. The average molecular weight is 327 g/mol. The molecule has 1 heterocycles. The minimum atomic E-state index is -0.834. The summed E-state index contributed by atoms with van der Waals surface area (Å²) in [5, 5.41) is 13.7. The van der Waals surface area contributed by atoms with E-state index in [1.807, 2.05) is 0 Å². The third kappa shape index (κ3) is 3.50. The highest BCUT2D eigenvalue weighted by Crippen LogP contribution is 2.34. The topological polar surface area (TPSA) is 117 Å². The lowest BCUT2D eigenvalue weighted by molar-refractivity contribution is -0.385. The number of carbonyl (C=O) groups is 1. The van der Waals surface area contributed by atoms with Gasteiger partial charge in [0.1, 0.15) is 0 Å². The number of benzene rings is 1. The number of hydrogen-bond donors (Lipinski definition) is 2. The van der Waals surface area contributed by atoms with Crippen LogP contribution >= 0.6 is 0 Å². The molecule has 1 aliphatic rings. The fourth-order valence-corrected chi connectivity index (χ4v) is 2.52. The molecule has 1 aromatic rings. The summed E-state index contributed by atoms with van der Waals surface area (Å²) >= 11 is 0. The second-order valence-electron chi connectivity index (χ2n) is 5.37. The van der Waals surface area contributed by atoms with Crippen molar-refractivity contribution in [3.63, 3.8) is 0 Å². The molecule has 0 radical (unpaired) electrons. The highest BCUT2D eigenvalue weighted by atomic mass is 19.1. The van der Waals surface area contributed by atoms with Gasteiger partial charge in [-0.3, -0.25) is 14.9 Å². The van der Waals surface area contributed by atoms with Crippen LogP contribution in [0.1, 0.15) is 12.8 Å². The molecule has 0 aliphatic carbocycles. The first kappa shape index (κ1) is 16.9. The summed E-state index contributed by atoms with van der Waals surface area (Å²) < 4.78 is 24.2. The summed E-state index contributed by atoms with van der Waals surface area (Å²) in [6.45, 7) is 0.914. The zero-order valence-electron chi connectivity index (χ0n) is 12.6. The van der Waals surface area contributed by atoms with Crippen molar-refractivity contribution in [2.24, 2.45) is 11.1 Å². The first-order valence-electron chi connectivity index (χ1n) is 7.03. The highest BCUT2D eigenvalue weighted by molar-refractivity contribution is 5.81. The minimum Gasteiger partial charge on any atom is -0.490 e. The zero-order chi connectivity index (χ0) is 17.0. The number of nitrogens with zero attached hydrogens (tertiary/aromatic N) is 1. The fourth-order valence-electron chi connectivity index (χ4n) is 2.52. The van der Waals surface area contributed by atoms with Gasteiger partial charge in [0.25, 0.3) is 0 Å². The SMILES string of the molecule is COc1cc(NCC2(C(N)=O)CCOCC2)c(F)cc1[N+](=O)[O-]. The van der Waals surface area contributed by atoms with Gasteiger partial charge < -0.3 is 20.5 Å². The van der Waals surface area contributed by atoms with Crippen LogP contribution in [0.25, 0.3) is 0 Å². The predicted molar refractivity (Wildman–Crippen MR) is 79.8 cm³/mol. The molecule has 1 saturated heterocycles. The maximum absolute atomic E-state index is 14.0.